The molecule has 1 aliphatic rings. The van der Waals surface area contributed by atoms with Crippen LogP contribution in [0, 0.1) is 30.4 Å². The third-order valence-electron chi connectivity index (χ3n) is 9.65. The van der Waals surface area contributed by atoms with Crippen LogP contribution in [0.3, 0.4) is 0 Å². The fourth-order valence-electron chi connectivity index (χ4n) is 6.94. The molecular weight excluding hydrogens is 673 g/mol. The molecule has 2 heterocycles. The largest absolute Gasteiger partial charge is 0.426 e. The number of fused-ring (bicyclic) bond motifs is 1. The molecule has 8 nitrogen and oxygen atoms in total. The van der Waals surface area contributed by atoms with Gasteiger partial charge in [0.2, 0.25) is 11.8 Å². The zero-order chi connectivity index (χ0) is 36.3. The number of benzene rings is 2. The Kier molecular flexibility index (Phi) is 13.5. The number of unbranched alkanes of at least 4 members (excludes halogenated alkanes) is 4. The van der Waals surface area contributed by atoms with Gasteiger partial charge in [0.15, 0.2) is 5.78 Å². The van der Waals surface area contributed by atoms with Gasteiger partial charge in [-0.3, -0.25) is 19.2 Å². The third-order valence-corrected chi connectivity index (χ3v) is 10.5. The maximum Gasteiger partial charge on any atom is 0.311 e. The minimum absolute atomic E-state index is 0.0385. The van der Waals surface area contributed by atoms with Gasteiger partial charge in [-0.15, -0.1) is 11.3 Å². The number of esters is 1. The molecule has 1 aliphatic carbocycles. The number of anilines is 1. The number of thiophene rings is 1. The van der Waals surface area contributed by atoms with E-state index in [0.29, 0.717) is 31.6 Å². The van der Waals surface area contributed by atoms with Gasteiger partial charge < -0.3 is 19.5 Å². The minimum atomic E-state index is -0.795. The van der Waals surface area contributed by atoms with Crippen LogP contribution in [0.5, 0.6) is 5.75 Å². The van der Waals surface area contributed by atoms with Gasteiger partial charge in [-0.2, -0.15) is 0 Å². The van der Waals surface area contributed by atoms with Crippen molar-refractivity contribution in [1.29, 1.82) is 0 Å². The molecule has 1 saturated carbocycles. The highest BCUT2D eigenvalue weighted by Crippen LogP contribution is 2.33. The van der Waals surface area contributed by atoms with Crippen molar-refractivity contribution >= 4 is 50.8 Å². The molecule has 0 saturated heterocycles. The normalized spacial score (nSPS) is 15.8. The molecule has 0 atom stereocenters. The van der Waals surface area contributed by atoms with Crippen molar-refractivity contribution in [3.8, 4) is 5.75 Å². The first-order valence-corrected chi connectivity index (χ1v) is 18.9. The number of ketones is 1. The summed E-state index contributed by atoms with van der Waals surface area (Å²) >= 11 is 1.56. The molecule has 0 spiro atoms. The molecule has 4 aromatic rings. The van der Waals surface area contributed by atoms with Crippen LogP contribution in [-0.4, -0.2) is 41.2 Å². The van der Waals surface area contributed by atoms with Crippen molar-refractivity contribution in [2.45, 2.75) is 91.0 Å². The first-order chi connectivity index (χ1) is 24.6. The lowest BCUT2D eigenvalue weighted by atomic mass is 9.79. The van der Waals surface area contributed by atoms with Crippen LogP contribution in [0.4, 0.5) is 14.5 Å². The quantitative estimate of drug-likeness (QED) is 0.0509. The zero-order valence-corrected chi connectivity index (χ0v) is 30.2. The molecular formula is C40H47F2N3O5S. The molecule has 0 radical (unpaired) electrons. The molecule has 0 unspecified atom stereocenters. The Morgan fingerprint density at radius 1 is 0.922 bits per heavy atom. The van der Waals surface area contributed by atoms with Gasteiger partial charge in [-0.05, 0) is 93.5 Å². The number of hydrogen-bond acceptors (Lipinski definition) is 6. The van der Waals surface area contributed by atoms with E-state index in [1.54, 1.807) is 16.2 Å². The molecule has 0 bridgehead atoms. The van der Waals surface area contributed by atoms with Crippen molar-refractivity contribution < 1.29 is 32.7 Å². The highest BCUT2D eigenvalue weighted by atomic mass is 32.1. The average molecular weight is 720 g/mol. The van der Waals surface area contributed by atoms with Crippen LogP contribution in [0.15, 0.2) is 60.0 Å². The number of amides is 2. The van der Waals surface area contributed by atoms with E-state index in [1.165, 1.54) is 0 Å². The number of nitrogens with one attached hydrogen (secondary N) is 1. The summed E-state index contributed by atoms with van der Waals surface area (Å²) in [7, 11) is 0. The predicted molar refractivity (Wildman–Crippen MR) is 196 cm³/mol. The number of Topliss-reactive ketones (excluding diaryl/α,β-unsaturated/α-hetero) is 1. The molecule has 272 valence electrons. The highest BCUT2D eigenvalue weighted by molar-refractivity contribution is 7.17. The lowest BCUT2D eigenvalue weighted by molar-refractivity contribution is -0.134. The number of hydrogen-bond donors (Lipinski definition) is 1. The second kappa shape index (κ2) is 18.2. The van der Waals surface area contributed by atoms with Crippen LogP contribution >= 0.6 is 11.3 Å². The van der Waals surface area contributed by atoms with E-state index in [1.807, 2.05) is 60.2 Å². The van der Waals surface area contributed by atoms with E-state index in [4.69, 9.17) is 4.74 Å². The van der Waals surface area contributed by atoms with Crippen LogP contribution in [0.2, 0.25) is 0 Å². The zero-order valence-electron chi connectivity index (χ0n) is 29.4. The second-order valence-electron chi connectivity index (χ2n) is 13.5. The summed E-state index contributed by atoms with van der Waals surface area (Å²) in [4.78, 5) is 53.8. The summed E-state index contributed by atoms with van der Waals surface area (Å²) < 4.78 is 34.4. The molecule has 51 heavy (non-hydrogen) atoms. The minimum Gasteiger partial charge on any atom is -0.426 e. The topological polar surface area (TPSA) is 97.7 Å². The smallest absolute Gasteiger partial charge is 0.311 e. The van der Waals surface area contributed by atoms with Gasteiger partial charge >= 0.3 is 5.97 Å². The summed E-state index contributed by atoms with van der Waals surface area (Å²) in [5, 5.41) is 5.05. The Hall–Kier alpha value is -4.38. The Bertz CT molecular complexity index is 1810. The number of halogens is 2. The average Bonchev–Trinajstić information content (AvgIpc) is 3.69. The summed E-state index contributed by atoms with van der Waals surface area (Å²) in [6.45, 7) is 5.17. The molecule has 5 rings (SSSR count). The maximum absolute atomic E-state index is 13.7. The maximum atomic E-state index is 13.7. The number of nitrogens with zero attached hydrogens (tertiary/aromatic N) is 2. The number of likely N-dealkylation sites (N-methyl/N-ethyl adjacent to an activating group) is 1. The van der Waals surface area contributed by atoms with E-state index < -0.39 is 17.6 Å². The van der Waals surface area contributed by atoms with Crippen molar-refractivity contribution in [3.05, 3.63) is 82.9 Å². The van der Waals surface area contributed by atoms with Gasteiger partial charge in [0, 0.05) is 55.7 Å². The lowest BCUT2D eigenvalue weighted by Gasteiger charge is -2.27. The van der Waals surface area contributed by atoms with Crippen molar-refractivity contribution in [3.63, 3.8) is 0 Å². The fraction of sp³-hybridized carbons (Fsp3) is 0.450. The van der Waals surface area contributed by atoms with Crippen LogP contribution in [-0.2, 0) is 20.9 Å². The standard InChI is InChI=1S/C40H47F2N3O5S/c1-3-44(32-11-9-10-27(2)20-32)38(47)26-45-34-17-19-51-37(34)25-35(45)36(46)21-28-13-15-29(16-14-28)40(49)43-18-8-6-4-5-7-12-39(48)50-33-23-30(41)22-31(42)24-33/h9-11,17,19-20,22-25,28-29H,3-8,12-16,18,21,26H2,1-2H3,(H,43,49). The van der Waals surface area contributed by atoms with E-state index in [-0.39, 0.29) is 48.1 Å². The van der Waals surface area contributed by atoms with Crippen LogP contribution < -0.4 is 15.0 Å². The molecule has 2 aromatic heterocycles. The van der Waals surface area contributed by atoms with E-state index in [9.17, 15) is 28.0 Å². The molecule has 2 amide bonds. The third kappa shape index (κ3) is 10.6. The SMILES string of the molecule is CCN(C(=O)Cn1c(C(=O)CC2CCC(C(=O)NCCCCCCCC(=O)Oc3cc(F)cc(F)c3)CC2)cc2sccc21)c1cccc(C)c1. The highest BCUT2D eigenvalue weighted by Gasteiger charge is 2.29. The summed E-state index contributed by atoms with van der Waals surface area (Å²) in [6, 6.07) is 14.4. The molecule has 1 fully saturated rings. The number of carbonyl (C=O) groups excluding carboxylic acids is 4. The molecule has 2 aromatic carbocycles. The number of rotatable bonds is 17. The van der Waals surface area contributed by atoms with Crippen molar-refractivity contribution in [2.24, 2.45) is 11.8 Å². The van der Waals surface area contributed by atoms with E-state index >= 15 is 0 Å². The monoisotopic (exact) mass is 719 g/mol. The van der Waals surface area contributed by atoms with Gasteiger partial charge in [0.25, 0.3) is 0 Å². The van der Waals surface area contributed by atoms with Gasteiger partial charge in [-0.25, -0.2) is 8.78 Å². The van der Waals surface area contributed by atoms with Crippen molar-refractivity contribution in [2.75, 3.05) is 18.0 Å². The van der Waals surface area contributed by atoms with Gasteiger partial charge in [0.1, 0.15) is 23.9 Å². The number of ether oxygens (including phenoxy) is 1. The number of carbonyl (C=O) groups is 4. The molecule has 11 heteroatoms. The Balaban J connectivity index is 1.000. The first-order valence-electron chi connectivity index (χ1n) is 18.0. The summed E-state index contributed by atoms with van der Waals surface area (Å²) in [6.07, 6.45) is 7.76. The summed E-state index contributed by atoms with van der Waals surface area (Å²) in [5.41, 5.74) is 3.41. The second-order valence-corrected chi connectivity index (χ2v) is 14.4. The van der Waals surface area contributed by atoms with Crippen LogP contribution in [0.1, 0.15) is 93.6 Å². The number of aryl methyl sites for hydroxylation is 1. The predicted octanol–water partition coefficient (Wildman–Crippen LogP) is 8.78. The number of aromatic nitrogens is 1. The lowest BCUT2D eigenvalue weighted by Crippen LogP contribution is -2.35. The Morgan fingerprint density at radius 3 is 2.37 bits per heavy atom. The van der Waals surface area contributed by atoms with E-state index in [2.05, 4.69) is 5.32 Å². The van der Waals surface area contributed by atoms with E-state index in [0.717, 1.165) is 91.0 Å². The van der Waals surface area contributed by atoms with Crippen molar-refractivity contribution in [1.82, 2.24) is 9.88 Å². The molecule has 1 N–H and O–H groups in total. The first kappa shape index (κ1) is 37.9. The fourth-order valence-corrected chi connectivity index (χ4v) is 7.77. The summed E-state index contributed by atoms with van der Waals surface area (Å²) in [5.74, 6) is -2.06. The molecule has 0 aliphatic heterocycles. The van der Waals surface area contributed by atoms with Crippen LogP contribution in [0.25, 0.3) is 10.2 Å². The Morgan fingerprint density at radius 2 is 1.65 bits per heavy atom. The van der Waals surface area contributed by atoms with Gasteiger partial charge in [0.05, 0.1) is 15.9 Å². The Labute approximate surface area is 302 Å². The van der Waals surface area contributed by atoms with Gasteiger partial charge in [-0.1, -0.05) is 31.4 Å².